The van der Waals surface area contributed by atoms with Crippen LogP contribution in [0.25, 0.3) is 0 Å². The van der Waals surface area contributed by atoms with E-state index < -0.39 is 0 Å². The second kappa shape index (κ2) is 4.44. The summed E-state index contributed by atoms with van der Waals surface area (Å²) in [6.45, 7) is 0.992. The van der Waals surface area contributed by atoms with Crippen LogP contribution in [0, 0.1) is 0 Å². The van der Waals surface area contributed by atoms with Crippen molar-refractivity contribution in [3.05, 3.63) is 29.3 Å². The number of carbonyl (C=O) groups excluding carboxylic acids is 2. The molecule has 1 unspecified atom stereocenters. The number of hydrogen-bond acceptors (Lipinski definition) is 3. The van der Waals surface area contributed by atoms with Crippen LogP contribution in [-0.4, -0.2) is 18.4 Å². The number of piperidine rings is 1. The van der Waals surface area contributed by atoms with Gasteiger partial charge in [0.05, 0.1) is 5.92 Å². The molecule has 0 bridgehead atoms. The van der Waals surface area contributed by atoms with Gasteiger partial charge in [0.15, 0.2) is 0 Å². The molecule has 1 aromatic rings. The number of fused-ring (bicyclic) bond motifs is 1. The highest BCUT2D eigenvalue weighted by atomic mass is 16.2. The first-order valence-corrected chi connectivity index (χ1v) is 6.44. The fourth-order valence-corrected chi connectivity index (χ4v) is 2.71. The van der Waals surface area contributed by atoms with E-state index in [1.54, 1.807) is 0 Å². The van der Waals surface area contributed by atoms with Crippen molar-refractivity contribution >= 4 is 17.5 Å². The first-order chi connectivity index (χ1) is 8.74. The topological polar surface area (TPSA) is 58.2 Å². The quantitative estimate of drug-likeness (QED) is 0.737. The monoisotopic (exact) mass is 244 g/mol. The lowest BCUT2D eigenvalue weighted by Gasteiger charge is -2.24. The third-order valence-electron chi connectivity index (χ3n) is 3.71. The normalized spacial score (nSPS) is 23.0. The van der Waals surface area contributed by atoms with Crippen molar-refractivity contribution < 1.29 is 9.59 Å². The van der Waals surface area contributed by atoms with Gasteiger partial charge in [0.2, 0.25) is 11.8 Å². The van der Waals surface area contributed by atoms with Crippen LogP contribution in [0.5, 0.6) is 0 Å². The van der Waals surface area contributed by atoms with E-state index in [1.165, 1.54) is 5.56 Å². The molecule has 4 heteroatoms. The molecule has 0 aromatic heterocycles. The Morgan fingerprint density at radius 2 is 2.06 bits per heavy atom. The summed E-state index contributed by atoms with van der Waals surface area (Å²) in [6, 6.07) is 6.18. The van der Waals surface area contributed by atoms with Gasteiger partial charge in [-0.1, -0.05) is 12.1 Å². The number of carbonyl (C=O) groups is 2. The van der Waals surface area contributed by atoms with E-state index in [4.69, 9.17) is 0 Å². The summed E-state index contributed by atoms with van der Waals surface area (Å²) in [5.74, 6) is -0.508. The van der Waals surface area contributed by atoms with E-state index in [0.29, 0.717) is 12.8 Å². The molecule has 0 spiro atoms. The van der Waals surface area contributed by atoms with Gasteiger partial charge in [-0.3, -0.25) is 14.9 Å². The number of benzene rings is 1. The third-order valence-corrected chi connectivity index (χ3v) is 3.71. The van der Waals surface area contributed by atoms with Crippen molar-refractivity contribution in [2.24, 2.45) is 0 Å². The second-order valence-electron chi connectivity index (χ2n) is 4.95. The summed E-state index contributed by atoms with van der Waals surface area (Å²) in [5.41, 5.74) is 3.47. The summed E-state index contributed by atoms with van der Waals surface area (Å²) in [4.78, 5) is 23.0. The van der Waals surface area contributed by atoms with Gasteiger partial charge in [-0.2, -0.15) is 0 Å². The van der Waals surface area contributed by atoms with Gasteiger partial charge in [0.25, 0.3) is 0 Å². The Morgan fingerprint density at radius 3 is 2.89 bits per heavy atom. The average Bonchev–Trinajstić information content (AvgIpc) is 2.38. The molecule has 1 atom stereocenters. The maximum absolute atomic E-state index is 11.8. The zero-order valence-corrected chi connectivity index (χ0v) is 10.2. The number of anilines is 1. The molecule has 3 rings (SSSR count). The molecule has 0 saturated carbocycles. The summed E-state index contributed by atoms with van der Waals surface area (Å²) < 4.78 is 0. The summed E-state index contributed by atoms with van der Waals surface area (Å²) in [5, 5.41) is 5.78. The minimum absolute atomic E-state index is 0.160. The predicted molar refractivity (Wildman–Crippen MR) is 68.4 cm³/mol. The number of hydrogen-bond donors (Lipinski definition) is 2. The molecule has 1 saturated heterocycles. The van der Waals surface area contributed by atoms with Crippen molar-refractivity contribution in [3.8, 4) is 0 Å². The van der Waals surface area contributed by atoms with Crippen molar-refractivity contribution in [1.29, 1.82) is 0 Å². The summed E-state index contributed by atoms with van der Waals surface area (Å²) in [7, 11) is 0. The Morgan fingerprint density at radius 1 is 1.17 bits per heavy atom. The lowest BCUT2D eigenvalue weighted by Crippen LogP contribution is -2.39. The zero-order chi connectivity index (χ0) is 12.5. The van der Waals surface area contributed by atoms with E-state index >= 15 is 0 Å². The number of imide groups is 1. The maximum Gasteiger partial charge on any atom is 0.234 e. The highest BCUT2D eigenvalue weighted by Gasteiger charge is 2.28. The molecule has 18 heavy (non-hydrogen) atoms. The van der Waals surface area contributed by atoms with Crippen LogP contribution in [-0.2, 0) is 16.0 Å². The molecule has 1 fully saturated rings. The summed E-state index contributed by atoms with van der Waals surface area (Å²) >= 11 is 0. The van der Waals surface area contributed by atoms with Crippen LogP contribution in [0.15, 0.2) is 18.2 Å². The van der Waals surface area contributed by atoms with Crippen LogP contribution in [0.1, 0.15) is 36.3 Å². The van der Waals surface area contributed by atoms with Gasteiger partial charge >= 0.3 is 0 Å². The molecular weight excluding hydrogens is 228 g/mol. The first-order valence-electron chi connectivity index (χ1n) is 6.44. The van der Waals surface area contributed by atoms with Gasteiger partial charge in [0.1, 0.15) is 0 Å². The van der Waals surface area contributed by atoms with Crippen molar-refractivity contribution in [2.45, 2.75) is 31.6 Å². The van der Waals surface area contributed by atoms with Gasteiger partial charge in [-0.05, 0) is 36.5 Å². The van der Waals surface area contributed by atoms with Crippen LogP contribution in [0.3, 0.4) is 0 Å². The maximum atomic E-state index is 11.8. The second-order valence-corrected chi connectivity index (χ2v) is 4.95. The minimum atomic E-state index is -0.184. The lowest BCUT2D eigenvalue weighted by molar-refractivity contribution is -0.134. The van der Waals surface area contributed by atoms with Gasteiger partial charge in [0, 0.05) is 18.7 Å². The lowest BCUT2D eigenvalue weighted by atomic mass is 9.88. The molecule has 1 aromatic carbocycles. The van der Waals surface area contributed by atoms with E-state index in [1.807, 2.05) is 6.07 Å². The van der Waals surface area contributed by atoms with Crippen molar-refractivity contribution in [2.75, 3.05) is 11.9 Å². The Hall–Kier alpha value is -1.84. The van der Waals surface area contributed by atoms with Crippen LogP contribution in [0.2, 0.25) is 0 Å². The van der Waals surface area contributed by atoms with E-state index in [2.05, 4.69) is 22.8 Å². The Kier molecular flexibility index (Phi) is 2.78. The molecule has 2 amide bonds. The van der Waals surface area contributed by atoms with E-state index in [9.17, 15) is 9.59 Å². The number of amides is 2. The van der Waals surface area contributed by atoms with Crippen molar-refractivity contribution in [1.82, 2.24) is 5.32 Å². The smallest absolute Gasteiger partial charge is 0.234 e. The highest BCUT2D eigenvalue weighted by Crippen LogP contribution is 2.30. The molecule has 0 radical (unpaired) electrons. The molecule has 2 aliphatic heterocycles. The molecule has 94 valence electrons. The zero-order valence-electron chi connectivity index (χ0n) is 10.2. The standard InChI is InChI=1S/C14H16N2O2/c17-13-6-5-11(14(18)16-13)10-4-3-9-2-1-7-15-12(9)8-10/h3-4,8,11,15H,1-2,5-7H2,(H,16,17,18). The van der Waals surface area contributed by atoms with Crippen LogP contribution in [0.4, 0.5) is 5.69 Å². The molecule has 2 aliphatic rings. The van der Waals surface area contributed by atoms with Crippen LogP contribution < -0.4 is 10.6 Å². The van der Waals surface area contributed by atoms with Gasteiger partial charge < -0.3 is 5.32 Å². The first kappa shape index (κ1) is 11.3. The number of nitrogens with one attached hydrogen (secondary N) is 2. The molecule has 2 N–H and O–H groups in total. The minimum Gasteiger partial charge on any atom is -0.385 e. The molecule has 2 heterocycles. The Bertz CT molecular complexity index is 511. The summed E-state index contributed by atoms with van der Waals surface area (Å²) in [6.07, 6.45) is 3.30. The Labute approximate surface area is 106 Å². The molecule has 0 aliphatic carbocycles. The third kappa shape index (κ3) is 1.98. The fraction of sp³-hybridized carbons (Fsp3) is 0.429. The predicted octanol–water partition coefficient (Wildman–Crippen LogP) is 1.56. The van der Waals surface area contributed by atoms with E-state index in [0.717, 1.165) is 30.6 Å². The SMILES string of the molecule is O=C1CCC(c2ccc3c(c2)NCCC3)C(=O)N1. The van der Waals surface area contributed by atoms with E-state index in [-0.39, 0.29) is 17.7 Å². The highest BCUT2D eigenvalue weighted by molar-refractivity contribution is 6.01. The largest absolute Gasteiger partial charge is 0.385 e. The molecular formula is C14H16N2O2. The average molecular weight is 244 g/mol. The van der Waals surface area contributed by atoms with Crippen LogP contribution >= 0.6 is 0 Å². The van der Waals surface area contributed by atoms with Gasteiger partial charge in [-0.25, -0.2) is 0 Å². The molecule has 4 nitrogen and oxygen atoms in total. The number of rotatable bonds is 1. The Balaban J connectivity index is 1.88. The van der Waals surface area contributed by atoms with Gasteiger partial charge in [-0.15, -0.1) is 0 Å². The fourth-order valence-electron chi connectivity index (χ4n) is 2.71. The number of aryl methyl sites for hydroxylation is 1. The van der Waals surface area contributed by atoms with Crippen molar-refractivity contribution in [3.63, 3.8) is 0 Å².